The van der Waals surface area contributed by atoms with Crippen LogP contribution in [-0.2, 0) is 0 Å². The monoisotopic (exact) mass is 172 g/mol. The van der Waals surface area contributed by atoms with E-state index in [9.17, 15) is 4.39 Å². The standard InChI is InChI=1S/C6H6BFO4/c8-5-2-1-4(9)3-6(5)12-7(10)11/h1-3,9-11H. The average molecular weight is 172 g/mol. The van der Waals surface area contributed by atoms with Crippen LogP contribution in [0.15, 0.2) is 18.2 Å². The molecule has 0 aliphatic rings. The zero-order chi connectivity index (χ0) is 9.14. The first kappa shape index (κ1) is 8.83. The zero-order valence-corrected chi connectivity index (χ0v) is 5.94. The number of rotatable bonds is 2. The first-order chi connectivity index (χ1) is 5.59. The molecule has 0 bridgehead atoms. The van der Waals surface area contributed by atoms with Gasteiger partial charge in [-0.2, -0.15) is 0 Å². The third-order valence-corrected chi connectivity index (χ3v) is 1.15. The smallest absolute Gasteiger partial charge is 0.509 e. The number of halogens is 1. The van der Waals surface area contributed by atoms with E-state index in [4.69, 9.17) is 15.2 Å². The molecule has 0 aromatic heterocycles. The van der Waals surface area contributed by atoms with Gasteiger partial charge in [0.25, 0.3) is 0 Å². The molecule has 6 heteroatoms. The van der Waals surface area contributed by atoms with Crippen LogP contribution < -0.4 is 4.65 Å². The van der Waals surface area contributed by atoms with E-state index in [2.05, 4.69) is 4.65 Å². The Labute approximate surface area is 68.0 Å². The Kier molecular flexibility index (Phi) is 2.52. The Bertz CT molecular complexity index is 278. The Morgan fingerprint density at radius 1 is 1.33 bits per heavy atom. The van der Waals surface area contributed by atoms with Gasteiger partial charge in [-0.05, 0) is 12.1 Å². The SMILES string of the molecule is OB(O)Oc1cc(O)ccc1F. The highest BCUT2D eigenvalue weighted by Crippen LogP contribution is 2.22. The summed E-state index contributed by atoms with van der Waals surface area (Å²) in [5.74, 6) is -1.40. The van der Waals surface area contributed by atoms with E-state index in [1.165, 1.54) is 0 Å². The molecule has 0 saturated carbocycles. The quantitative estimate of drug-likeness (QED) is 0.543. The van der Waals surface area contributed by atoms with Gasteiger partial charge in [-0.15, -0.1) is 0 Å². The van der Waals surface area contributed by atoms with Crippen molar-refractivity contribution >= 4 is 7.32 Å². The third-order valence-electron chi connectivity index (χ3n) is 1.15. The molecular formula is C6H6BFO4. The molecule has 12 heavy (non-hydrogen) atoms. The van der Waals surface area contributed by atoms with Gasteiger partial charge in [0.05, 0.1) is 0 Å². The lowest BCUT2D eigenvalue weighted by molar-refractivity contribution is 0.281. The van der Waals surface area contributed by atoms with Crippen LogP contribution in [0.3, 0.4) is 0 Å². The lowest BCUT2D eigenvalue weighted by atomic mass is 10.2. The van der Waals surface area contributed by atoms with Crippen LogP contribution in [0.5, 0.6) is 11.5 Å². The number of hydrogen-bond acceptors (Lipinski definition) is 4. The molecule has 64 valence electrons. The normalized spacial score (nSPS) is 9.58. The van der Waals surface area contributed by atoms with Crippen molar-refractivity contribution in [1.29, 1.82) is 0 Å². The molecule has 0 aliphatic carbocycles. The molecule has 0 heterocycles. The van der Waals surface area contributed by atoms with Gasteiger partial charge < -0.3 is 19.8 Å². The molecule has 0 unspecified atom stereocenters. The lowest BCUT2D eigenvalue weighted by Crippen LogP contribution is -2.21. The van der Waals surface area contributed by atoms with Gasteiger partial charge in [0.15, 0.2) is 5.82 Å². The molecular weight excluding hydrogens is 166 g/mol. The van der Waals surface area contributed by atoms with Gasteiger partial charge in [-0.25, -0.2) is 4.39 Å². The zero-order valence-electron chi connectivity index (χ0n) is 5.94. The van der Waals surface area contributed by atoms with Crippen LogP contribution in [0, 0.1) is 5.82 Å². The molecule has 0 fully saturated rings. The van der Waals surface area contributed by atoms with Gasteiger partial charge in [0, 0.05) is 6.07 Å². The average Bonchev–Trinajstić information content (AvgIpc) is 1.96. The molecule has 1 aromatic carbocycles. The van der Waals surface area contributed by atoms with Gasteiger partial charge in [-0.3, -0.25) is 0 Å². The molecule has 0 spiro atoms. The Balaban J connectivity index is 2.90. The first-order valence-electron chi connectivity index (χ1n) is 3.11. The minimum absolute atomic E-state index is 0.216. The summed E-state index contributed by atoms with van der Waals surface area (Å²) >= 11 is 0. The number of hydrogen-bond donors (Lipinski definition) is 3. The largest absolute Gasteiger partial charge is 0.707 e. The second kappa shape index (κ2) is 3.42. The van der Waals surface area contributed by atoms with E-state index in [0.29, 0.717) is 0 Å². The fraction of sp³-hybridized carbons (Fsp3) is 0. The number of benzene rings is 1. The van der Waals surface area contributed by atoms with Gasteiger partial charge in [-0.1, -0.05) is 0 Å². The van der Waals surface area contributed by atoms with Crippen molar-refractivity contribution in [2.24, 2.45) is 0 Å². The van der Waals surface area contributed by atoms with Crippen molar-refractivity contribution in [2.45, 2.75) is 0 Å². The molecule has 3 N–H and O–H groups in total. The molecule has 1 rings (SSSR count). The van der Waals surface area contributed by atoms with E-state index in [-0.39, 0.29) is 5.75 Å². The van der Waals surface area contributed by atoms with Gasteiger partial charge in [0.1, 0.15) is 11.5 Å². The molecule has 0 amide bonds. The predicted octanol–water partition coefficient (Wildman–Crippen LogP) is -0.120. The van der Waals surface area contributed by atoms with E-state index in [1.54, 1.807) is 0 Å². The van der Waals surface area contributed by atoms with Crippen molar-refractivity contribution in [3.63, 3.8) is 0 Å². The highest BCUT2D eigenvalue weighted by Gasteiger charge is 2.14. The van der Waals surface area contributed by atoms with Crippen LogP contribution in [0.4, 0.5) is 4.39 Å². The van der Waals surface area contributed by atoms with E-state index < -0.39 is 18.9 Å². The highest BCUT2D eigenvalue weighted by molar-refractivity contribution is 6.33. The van der Waals surface area contributed by atoms with Crippen molar-refractivity contribution in [1.82, 2.24) is 0 Å². The summed E-state index contributed by atoms with van der Waals surface area (Å²) in [6.07, 6.45) is 0. The molecule has 4 nitrogen and oxygen atoms in total. The maximum atomic E-state index is 12.7. The molecule has 0 saturated heterocycles. The van der Waals surface area contributed by atoms with Gasteiger partial charge >= 0.3 is 7.32 Å². The lowest BCUT2D eigenvalue weighted by Gasteiger charge is -2.05. The maximum Gasteiger partial charge on any atom is 0.707 e. The summed E-state index contributed by atoms with van der Waals surface area (Å²) in [7, 11) is -2.10. The van der Waals surface area contributed by atoms with Crippen molar-refractivity contribution < 1.29 is 24.2 Å². The minimum Gasteiger partial charge on any atom is -0.509 e. The first-order valence-corrected chi connectivity index (χ1v) is 3.11. The van der Waals surface area contributed by atoms with Crippen molar-refractivity contribution in [3.05, 3.63) is 24.0 Å². The van der Waals surface area contributed by atoms with Crippen LogP contribution in [0.25, 0.3) is 0 Å². The van der Waals surface area contributed by atoms with Crippen LogP contribution in [0.1, 0.15) is 0 Å². The molecule has 1 aromatic rings. The molecule has 0 atom stereocenters. The van der Waals surface area contributed by atoms with Crippen molar-refractivity contribution in [2.75, 3.05) is 0 Å². The van der Waals surface area contributed by atoms with Gasteiger partial charge in [0.2, 0.25) is 0 Å². The van der Waals surface area contributed by atoms with Crippen LogP contribution in [0.2, 0.25) is 0 Å². The summed E-state index contributed by atoms with van der Waals surface area (Å²) in [6.45, 7) is 0. The number of aromatic hydroxyl groups is 1. The molecule has 0 aliphatic heterocycles. The van der Waals surface area contributed by atoms with Crippen molar-refractivity contribution in [3.8, 4) is 11.5 Å². The highest BCUT2D eigenvalue weighted by atomic mass is 19.1. The third kappa shape index (κ3) is 2.11. The summed E-state index contributed by atoms with van der Waals surface area (Å²) < 4.78 is 16.9. The second-order valence-electron chi connectivity index (χ2n) is 2.06. The number of phenols is 1. The Morgan fingerprint density at radius 3 is 2.58 bits per heavy atom. The summed E-state index contributed by atoms with van der Waals surface area (Å²) in [6, 6.07) is 3.01. The fourth-order valence-electron chi connectivity index (χ4n) is 0.696. The minimum atomic E-state index is -2.10. The summed E-state index contributed by atoms with van der Waals surface area (Å²) in [4.78, 5) is 0. The summed E-state index contributed by atoms with van der Waals surface area (Å²) in [5.41, 5.74) is 0. The molecule has 0 radical (unpaired) electrons. The fourth-order valence-corrected chi connectivity index (χ4v) is 0.696. The van der Waals surface area contributed by atoms with E-state index in [0.717, 1.165) is 18.2 Å². The van der Waals surface area contributed by atoms with E-state index >= 15 is 0 Å². The second-order valence-corrected chi connectivity index (χ2v) is 2.06. The Hall–Kier alpha value is -1.27. The van der Waals surface area contributed by atoms with Crippen LogP contribution in [-0.4, -0.2) is 22.5 Å². The van der Waals surface area contributed by atoms with E-state index in [1.807, 2.05) is 0 Å². The van der Waals surface area contributed by atoms with Crippen LogP contribution >= 0.6 is 0 Å². The maximum absolute atomic E-state index is 12.7. The Morgan fingerprint density at radius 2 is 2.00 bits per heavy atom. The number of phenolic OH excluding ortho intramolecular Hbond substituents is 1. The predicted molar refractivity (Wildman–Crippen MR) is 38.9 cm³/mol. The topological polar surface area (TPSA) is 69.9 Å². The summed E-state index contributed by atoms with van der Waals surface area (Å²) in [5, 5.41) is 25.5.